The Kier molecular flexibility index (Phi) is 5.96. The maximum atomic E-state index is 12.2. The van der Waals surface area contributed by atoms with Crippen LogP contribution in [-0.4, -0.2) is 37.4 Å². The lowest BCUT2D eigenvalue weighted by Gasteiger charge is -2.10. The molecule has 6 nitrogen and oxygen atoms in total. The molecule has 2 heterocycles. The van der Waals surface area contributed by atoms with Crippen molar-refractivity contribution in [3.8, 4) is 17.1 Å². The van der Waals surface area contributed by atoms with Crippen molar-refractivity contribution in [3.05, 3.63) is 42.2 Å². The Morgan fingerprint density at radius 3 is 2.56 bits per heavy atom. The Labute approximate surface area is 143 Å². The Morgan fingerprint density at radius 1 is 1.20 bits per heavy atom. The molecule has 136 valence electrons. The van der Waals surface area contributed by atoms with Gasteiger partial charge in [0.15, 0.2) is 0 Å². The Hall–Kier alpha value is -2.20. The lowest BCUT2D eigenvalue weighted by molar-refractivity contribution is -0.129. The number of alkyl halides is 3. The van der Waals surface area contributed by atoms with Crippen molar-refractivity contribution in [3.63, 3.8) is 0 Å². The monoisotopic (exact) mass is 375 g/mol. The van der Waals surface area contributed by atoms with Gasteiger partial charge in [0.05, 0.1) is 42.9 Å². The minimum atomic E-state index is -4.53. The molecule has 0 radical (unpaired) electrons. The van der Waals surface area contributed by atoms with E-state index < -0.39 is 28.4 Å². The molecule has 10 heteroatoms. The second kappa shape index (κ2) is 7.79. The van der Waals surface area contributed by atoms with Gasteiger partial charge in [-0.2, -0.15) is 13.2 Å². The molecule has 0 saturated heterocycles. The Bertz CT molecular complexity index is 812. The van der Waals surface area contributed by atoms with Crippen LogP contribution >= 0.6 is 0 Å². The normalized spacial score (nSPS) is 12.2. The van der Waals surface area contributed by atoms with Crippen LogP contribution in [0.3, 0.4) is 0 Å². The summed E-state index contributed by atoms with van der Waals surface area (Å²) in [6, 6.07) is 8.35. The standard InChI is InChI=1S/C15H16F3N3O3S/c1-24-12-8-11(10-20-25(22,23)7-5-15(16,17)18)21-14(9-12)13-4-2-3-6-19-13/h2-4,6,8-9,20H,5,7,10H2,1H3. The highest BCUT2D eigenvalue weighted by Crippen LogP contribution is 2.22. The number of pyridine rings is 2. The third-order valence-electron chi connectivity index (χ3n) is 3.14. The number of nitrogens with one attached hydrogen (secondary N) is 1. The number of sulfonamides is 1. The van der Waals surface area contributed by atoms with Gasteiger partial charge in [-0.05, 0) is 12.1 Å². The zero-order valence-electron chi connectivity index (χ0n) is 13.2. The molecule has 0 unspecified atom stereocenters. The maximum absolute atomic E-state index is 12.2. The zero-order valence-corrected chi connectivity index (χ0v) is 14.1. The van der Waals surface area contributed by atoms with Crippen LogP contribution in [0.2, 0.25) is 0 Å². The van der Waals surface area contributed by atoms with Gasteiger partial charge in [-0.25, -0.2) is 18.1 Å². The lowest BCUT2D eigenvalue weighted by Crippen LogP contribution is -2.28. The second-order valence-electron chi connectivity index (χ2n) is 5.10. The number of aromatic nitrogens is 2. The topological polar surface area (TPSA) is 81.2 Å². The van der Waals surface area contributed by atoms with Crippen LogP contribution in [0, 0.1) is 0 Å². The fourth-order valence-corrected chi connectivity index (χ4v) is 2.93. The average Bonchev–Trinajstić information content (AvgIpc) is 2.58. The number of ether oxygens (including phenoxy) is 1. The summed E-state index contributed by atoms with van der Waals surface area (Å²) in [5.41, 5.74) is 1.32. The van der Waals surface area contributed by atoms with E-state index in [1.807, 2.05) is 0 Å². The molecule has 0 amide bonds. The molecular weight excluding hydrogens is 359 g/mol. The van der Waals surface area contributed by atoms with Gasteiger partial charge < -0.3 is 4.74 Å². The summed E-state index contributed by atoms with van der Waals surface area (Å²) in [6.45, 7) is -0.253. The quantitative estimate of drug-likeness (QED) is 0.804. The molecular formula is C15H16F3N3O3S. The highest BCUT2D eigenvalue weighted by Gasteiger charge is 2.29. The first-order valence-electron chi connectivity index (χ1n) is 7.19. The summed E-state index contributed by atoms with van der Waals surface area (Å²) in [5, 5.41) is 0. The first-order valence-corrected chi connectivity index (χ1v) is 8.84. The largest absolute Gasteiger partial charge is 0.497 e. The van der Waals surface area contributed by atoms with E-state index in [1.54, 1.807) is 30.5 Å². The highest BCUT2D eigenvalue weighted by molar-refractivity contribution is 7.89. The van der Waals surface area contributed by atoms with Crippen LogP contribution in [0.25, 0.3) is 11.4 Å². The molecule has 0 bridgehead atoms. The number of rotatable bonds is 7. The molecule has 0 atom stereocenters. The third-order valence-corrected chi connectivity index (χ3v) is 4.47. The van der Waals surface area contributed by atoms with Crippen molar-refractivity contribution in [2.45, 2.75) is 19.1 Å². The van der Waals surface area contributed by atoms with E-state index in [0.717, 1.165) is 0 Å². The van der Waals surface area contributed by atoms with E-state index in [0.29, 0.717) is 22.8 Å². The molecule has 0 aliphatic carbocycles. The van der Waals surface area contributed by atoms with Crippen molar-refractivity contribution in [1.29, 1.82) is 0 Å². The van der Waals surface area contributed by atoms with Gasteiger partial charge in [0.25, 0.3) is 0 Å². The van der Waals surface area contributed by atoms with Crippen molar-refractivity contribution in [2.24, 2.45) is 0 Å². The highest BCUT2D eigenvalue weighted by atomic mass is 32.2. The minimum absolute atomic E-state index is 0.253. The summed E-state index contributed by atoms with van der Waals surface area (Å²) in [4.78, 5) is 8.42. The van der Waals surface area contributed by atoms with Crippen LogP contribution < -0.4 is 9.46 Å². The van der Waals surface area contributed by atoms with E-state index in [1.165, 1.54) is 13.2 Å². The van der Waals surface area contributed by atoms with Gasteiger partial charge in [-0.15, -0.1) is 0 Å². The Morgan fingerprint density at radius 2 is 1.96 bits per heavy atom. The van der Waals surface area contributed by atoms with E-state index in [2.05, 4.69) is 14.7 Å². The SMILES string of the molecule is COc1cc(CNS(=O)(=O)CCC(F)(F)F)nc(-c2ccccn2)c1. The van der Waals surface area contributed by atoms with Crippen molar-refractivity contribution < 1.29 is 26.3 Å². The smallest absolute Gasteiger partial charge is 0.390 e. The van der Waals surface area contributed by atoms with Crippen LogP contribution in [0.4, 0.5) is 13.2 Å². The molecule has 0 saturated carbocycles. The molecule has 0 aromatic carbocycles. The Balaban J connectivity index is 2.14. The summed E-state index contributed by atoms with van der Waals surface area (Å²) in [7, 11) is -2.64. The van der Waals surface area contributed by atoms with E-state index in [9.17, 15) is 21.6 Å². The van der Waals surface area contributed by atoms with Gasteiger partial charge in [0.2, 0.25) is 10.0 Å². The first-order chi connectivity index (χ1) is 11.7. The minimum Gasteiger partial charge on any atom is -0.497 e. The van der Waals surface area contributed by atoms with Gasteiger partial charge in [0.1, 0.15) is 5.75 Å². The van der Waals surface area contributed by atoms with Gasteiger partial charge in [-0.3, -0.25) is 4.98 Å². The number of nitrogens with zero attached hydrogens (tertiary/aromatic N) is 2. The van der Waals surface area contributed by atoms with Crippen molar-refractivity contribution >= 4 is 10.0 Å². The fraction of sp³-hybridized carbons (Fsp3) is 0.333. The lowest BCUT2D eigenvalue weighted by atomic mass is 10.2. The van der Waals surface area contributed by atoms with Gasteiger partial charge in [0, 0.05) is 18.3 Å². The number of hydrogen-bond donors (Lipinski definition) is 1. The van der Waals surface area contributed by atoms with Crippen LogP contribution in [0.15, 0.2) is 36.5 Å². The predicted octanol–water partition coefficient (Wildman–Crippen LogP) is 2.52. The third kappa shape index (κ3) is 6.31. The number of methoxy groups -OCH3 is 1. The van der Waals surface area contributed by atoms with E-state index in [4.69, 9.17) is 4.74 Å². The van der Waals surface area contributed by atoms with E-state index in [-0.39, 0.29) is 6.54 Å². The molecule has 0 aliphatic rings. The number of halogens is 3. The first kappa shape index (κ1) is 19.1. The number of hydrogen-bond acceptors (Lipinski definition) is 5. The fourth-order valence-electron chi connectivity index (χ4n) is 1.92. The van der Waals surface area contributed by atoms with Crippen LogP contribution in [0.5, 0.6) is 5.75 Å². The molecule has 2 aromatic heterocycles. The molecule has 1 N–H and O–H groups in total. The van der Waals surface area contributed by atoms with Crippen molar-refractivity contribution in [2.75, 3.05) is 12.9 Å². The summed E-state index contributed by atoms with van der Waals surface area (Å²) < 4.78 is 67.1. The molecule has 2 aromatic rings. The van der Waals surface area contributed by atoms with Crippen LogP contribution in [0.1, 0.15) is 12.1 Å². The summed E-state index contributed by atoms with van der Waals surface area (Å²) in [5.74, 6) is -0.603. The van der Waals surface area contributed by atoms with Crippen LogP contribution in [-0.2, 0) is 16.6 Å². The maximum Gasteiger partial charge on any atom is 0.390 e. The van der Waals surface area contributed by atoms with Gasteiger partial charge >= 0.3 is 6.18 Å². The molecule has 0 spiro atoms. The van der Waals surface area contributed by atoms with E-state index >= 15 is 0 Å². The zero-order chi connectivity index (χ0) is 18.5. The van der Waals surface area contributed by atoms with Gasteiger partial charge in [-0.1, -0.05) is 6.07 Å². The molecule has 0 fully saturated rings. The average molecular weight is 375 g/mol. The van der Waals surface area contributed by atoms with Crippen molar-refractivity contribution in [1.82, 2.24) is 14.7 Å². The molecule has 0 aliphatic heterocycles. The second-order valence-corrected chi connectivity index (χ2v) is 7.03. The summed E-state index contributed by atoms with van der Waals surface area (Å²) in [6.07, 6.45) is -4.36. The predicted molar refractivity (Wildman–Crippen MR) is 85.3 cm³/mol. The molecule has 2 rings (SSSR count). The molecule has 25 heavy (non-hydrogen) atoms. The summed E-state index contributed by atoms with van der Waals surface area (Å²) >= 11 is 0.